The van der Waals surface area contributed by atoms with E-state index in [9.17, 15) is 5.11 Å². The number of phenolic OH excluding ortho intramolecular Hbond substituents is 1. The molecule has 2 rings (SSSR count). The molecule has 17 heavy (non-hydrogen) atoms. The zero-order valence-electron chi connectivity index (χ0n) is 9.18. The highest BCUT2D eigenvalue weighted by molar-refractivity contribution is 5.67. The molecule has 0 amide bonds. The van der Waals surface area contributed by atoms with Gasteiger partial charge < -0.3 is 15.4 Å². The van der Waals surface area contributed by atoms with Crippen LogP contribution in [0.1, 0.15) is 12.0 Å². The van der Waals surface area contributed by atoms with Gasteiger partial charge in [-0.2, -0.15) is 0 Å². The first-order valence-corrected chi connectivity index (χ1v) is 5.24. The Kier molecular flexibility index (Phi) is 3.43. The van der Waals surface area contributed by atoms with Crippen molar-refractivity contribution in [2.75, 3.05) is 6.54 Å². The van der Waals surface area contributed by atoms with Gasteiger partial charge in [-0.25, -0.2) is 0 Å². The van der Waals surface area contributed by atoms with Gasteiger partial charge in [-0.05, 0) is 18.2 Å². The monoisotopic (exact) mass is 228 g/mol. The van der Waals surface area contributed by atoms with Crippen LogP contribution in [0.5, 0.6) is 5.75 Å². The highest BCUT2D eigenvalue weighted by Gasteiger charge is 2.08. The Bertz CT molecular complexity index is 551. The molecule has 86 valence electrons. The molecule has 4 nitrogen and oxygen atoms in total. The Morgan fingerprint density at radius 2 is 2.24 bits per heavy atom. The van der Waals surface area contributed by atoms with Crippen molar-refractivity contribution in [3.63, 3.8) is 0 Å². The number of hydrogen-bond donors (Lipinski definition) is 2. The van der Waals surface area contributed by atoms with Gasteiger partial charge in [0.2, 0.25) is 0 Å². The highest BCUT2D eigenvalue weighted by Crippen LogP contribution is 2.29. The average Bonchev–Trinajstić information content (AvgIpc) is 2.85. The number of phenols is 1. The molecule has 0 saturated carbocycles. The summed E-state index contributed by atoms with van der Waals surface area (Å²) in [4.78, 5) is 0. The lowest BCUT2D eigenvalue weighted by Crippen LogP contribution is -1.95. The molecular weight excluding hydrogens is 216 g/mol. The molecule has 0 radical (unpaired) electrons. The van der Waals surface area contributed by atoms with Crippen LogP contribution in [-0.4, -0.2) is 16.8 Å². The molecule has 1 aromatic heterocycles. The number of hydrogen-bond acceptors (Lipinski definition) is 4. The molecule has 0 fully saturated rings. The summed E-state index contributed by atoms with van der Waals surface area (Å²) in [5.41, 5.74) is 6.75. The summed E-state index contributed by atoms with van der Waals surface area (Å²) in [5.74, 6) is 6.58. The van der Waals surface area contributed by atoms with Crippen molar-refractivity contribution in [2.24, 2.45) is 5.73 Å². The molecule has 0 bridgehead atoms. The van der Waals surface area contributed by atoms with E-state index in [2.05, 4.69) is 17.0 Å². The zero-order chi connectivity index (χ0) is 12.1. The fraction of sp³-hybridized carbons (Fsp3) is 0.154. The third-order valence-electron chi connectivity index (χ3n) is 2.20. The largest absolute Gasteiger partial charge is 0.507 e. The maximum absolute atomic E-state index is 9.72. The van der Waals surface area contributed by atoms with E-state index in [0.717, 1.165) is 5.56 Å². The van der Waals surface area contributed by atoms with E-state index in [0.29, 0.717) is 24.3 Å². The van der Waals surface area contributed by atoms with Crippen LogP contribution in [0.25, 0.3) is 11.3 Å². The van der Waals surface area contributed by atoms with Crippen molar-refractivity contribution in [3.8, 4) is 28.9 Å². The smallest absolute Gasteiger partial charge is 0.170 e. The van der Waals surface area contributed by atoms with E-state index in [1.165, 1.54) is 6.20 Å². The van der Waals surface area contributed by atoms with E-state index < -0.39 is 0 Å². The second-order valence-corrected chi connectivity index (χ2v) is 3.45. The van der Waals surface area contributed by atoms with Gasteiger partial charge in [0.1, 0.15) is 5.75 Å². The van der Waals surface area contributed by atoms with Crippen molar-refractivity contribution >= 4 is 0 Å². The van der Waals surface area contributed by atoms with Crippen LogP contribution in [0, 0.1) is 11.8 Å². The lowest BCUT2D eigenvalue weighted by Gasteiger charge is -2.00. The predicted molar refractivity (Wildman–Crippen MR) is 64.2 cm³/mol. The SMILES string of the molecule is NCCC#Cc1ccc(O)c(-c2ccno2)c1. The predicted octanol–water partition coefficient (Wildman–Crippen LogP) is 1.75. The van der Waals surface area contributed by atoms with Crippen molar-refractivity contribution in [1.29, 1.82) is 0 Å². The van der Waals surface area contributed by atoms with Gasteiger partial charge in [-0.15, -0.1) is 0 Å². The number of nitrogens with two attached hydrogens (primary N) is 1. The highest BCUT2D eigenvalue weighted by atomic mass is 16.5. The minimum absolute atomic E-state index is 0.145. The van der Waals surface area contributed by atoms with Crippen LogP contribution in [0.15, 0.2) is 35.0 Å². The van der Waals surface area contributed by atoms with Gasteiger partial charge in [-0.3, -0.25) is 0 Å². The molecule has 0 aliphatic heterocycles. The molecule has 1 aromatic carbocycles. The molecule has 2 aromatic rings. The quantitative estimate of drug-likeness (QED) is 0.768. The molecule has 0 spiro atoms. The third-order valence-corrected chi connectivity index (χ3v) is 2.20. The Morgan fingerprint density at radius 1 is 1.35 bits per heavy atom. The van der Waals surface area contributed by atoms with E-state index >= 15 is 0 Å². The molecule has 0 saturated heterocycles. The fourth-order valence-corrected chi connectivity index (χ4v) is 1.40. The molecular formula is C13H12N2O2. The molecule has 0 atom stereocenters. The van der Waals surface area contributed by atoms with E-state index in [1.807, 2.05) is 0 Å². The average molecular weight is 228 g/mol. The van der Waals surface area contributed by atoms with Crippen molar-refractivity contribution in [1.82, 2.24) is 5.16 Å². The Labute approximate surface area is 99.0 Å². The summed E-state index contributed by atoms with van der Waals surface area (Å²) in [7, 11) is 0. The van der Waals surface area contributed by atoms with E-state index in [1.54, 1.807) is 24.3 Å². The van der Waals surface area contributed by atoms with Gasteiger partial charge in [0.15, 0.2) is 5.76 Å². The standard InChI is InChI=1S/C13H12N2O2/c14-7-2-1-3-10-4-5-12(16)11(9-10)13-6-8-15-17-13/h4-6,8-9,16H,2,7,14H2. The Balaban J connectivity index is 2.34. The maximum Gasteiger partial charge on any atom is 0.170 e. The van der Waals surface area contributed by atoms with Crippen LogP contribution in [0.2, 0.25) is 0 Å². The lowest BCUT2D eigenvalue weighted by molar-refractivity contribution is 0.426. The molecule has 0 aliphatic carbocycles. The summed E-state index contributed by atoms with van der Waals surface area (Å²) in [6.45, 7) is 0.542. The minimum atomic E-state index is 0.145. The molecule has 0 aliphatic rings. The first-order chi connectivity index (χ1) is 8.31. The summed E-state index contributed by atoms with van der Waals surface area (Å²) in [6, 6.07) is 6.79. The Hall–Kier alpha value is -2.25. The van der Waals surface area contributed by atoms with Crippen molar-refractivity contribution in [2.45, 2.75) is 6.42 Å². The van der Waals surface area contributed by atoms with Gasteiger partial charge in [0.25, 0.3) is 0 Å². The second kappa shape index (κ2) is 5.19. The van der Waals surface area contributed by atoms with Crippen LogP contribution in [-0.2, 0) is 0 Å². The zero-order valence-corrected chi connectivity index (χ0v) is 9.18. The summed E-state index contributed by atoms with van der Waals surface area (Å²) < 4.78 is 5.00. The summed E-state index contributed by atoms with van der Waals surface area (Å²) >= 11 is 0. The van der Waals surface area contributed by atoms with Crippen molar-refractivity contribution in [3.05, 3.63) is 36.0 Å². The van der Waals surface area contributed by atoms with Gasteiger partial charge in [0.05, 0.1) is 11.8 Å². The first kappa shape index (κ1) is 11.2. The minimum Gasteiger partial charge on any atom is -0.507 e. The van der Waals surface area contributed by atoms with Gasteiger partial charge in [-0.1, -0.05) is 17.0 Å². The van der Waals surface area contributed by atoms with Crippen LogP contribution < -0.4 is 5.73 Å². The molecule has 3 N–H and O–H groups in total. The van der Waals surface area contributed by atoms with Crippen LogP contribution in [0.3, 0.4) is 0 Å². The summed E-state index contributed by atoms with van der Waals surface area (Å²) in [5, 5.41) is 13.3. The van der Waals surface area contributed by atoms with Crippen molar-refractivity contribution < 1.29 is 9.63 Å². The number of aromatic nitrogens is 1. The van der Waals surface area contributed by atoms with E-state index in [-0.39, 0.29) is 5.75 Å². The van der Waals surface area contributed by atoms with Gasteiger partial charge in [0, 0.05) is 24.6 Å². The second-order valence-electron chi connectivity index (χ2n) is 3.45. The fourth-order valence-electron chi connectivity index (χ4n) is 1.40. The molecule has 4 heteroatoms. The maximum atomic E-state index is 9.72. The third kappa shape index (κ3) is 2.65. The normalized spacial score (nSPS) is 9.71. The van der Waals surface area contributed by atoms with Crippen LogP contribution in [0.4, 0.5) is 0 Å². The number of aromatic hydroxyl groups is 1. The van der Waals surface area contributed by atoms with E-state index in [4.69, 9.17) is 10.3 Å². The summed E-state index contributed by atoms with van der Waals surface area (Å²) in [6.07, 6.45) is 2.18. The van der Waals surface area contributed by atoms with Crippen LogP contribution >= 0.6 is 0 Å². The topological polar surface area (TPSA) is 72.3 Å². The Morgan fingerprint density at radius 3 is 2.94 bits per heavy atom. The number of rotatable bonds is 2. The first-order valence-electron chi connectivity index (χ1n) is 5.24. The number of benzene rings is 1. The van der Waals surface area contributed by atoms with Gasteiger partial charge >= 0.3 is 0 Å². The lowest BCUT2D eigenvalue weighted by atomic mass is 10.1. The number of nitrogens with zero attached hydrogens (tertiary/aromatic N) is 1. The molecule has 0 unspecified atom stereocenters. The molecule has 1 heterocycles.